The third-order valence-electron chi connectivity index (χ3n) is 15.4. The van der Waals surface area contributed by atoms with Crippen LogP contribution in [0.1, 0.15) is 387 Å². The predicted octanol–water partition coefficient (Wildman–Crippen LogP) is 23.2. The number of hydrogen-bond donors (Lipinski definition) is 0. The Labute approximate surface area is 441 Å². The van der Waals surface area contributed by atoms with E-state index in [0.29, 0.717) is 38.9 Å². The molecule has 0 aromatic heterocycles. The summed E-state index contributed by atoms with van der Waals surface area (Å²) in [4.78, 5) is 24.2. The molecule has 4 heteroatoms. The molecule has 418 valence electrons. The maximum atomic E-state index is 12.1. The zero-order chi connectivity index (χ0) is 50.7. The van der Waals surface area contributed by atoms with E-state index in [9.17, 15) is 9.59 Å². The molecule has 0 saturated heterocycles. The number of rotatable bonds is 61. The van der Waals surface area contributed by atoms with Crippen molar-refractivity contribution in [3.05, 3.63) is 0 Å². The fraction of sp³-hybridized carbons (Fsp3) is 0.970. The molecule has 0 atom stereocenters. The summed E-state index contributed by atoms with van der Waals surface area (Å²) in [5.74, 6) is 1.53. The molecule has 0 aromatic carbocycles. The van der Waals surface area contributed by atoms with Gasteiger partial charge >= 0.3 is 11.9 Å². The molecule has 0 saturated carbocycles. The zero-order valence-electron chi connectivity index (χ0n) is 48.8. The molecule has 0 N–H and O–H groups in total. The predicted molar refractivity (Wildman–Crippen MR) is 310 cm³/mol. The van der Waals surface area contributed by atoms with Gasteiger partial charge in [0.25, 0.3) is 0 Å². The molecule has 0 bridgehead atoms. The topological polar surface area (TPSA) is 52.6 Å². The van der Waals surface area contributed by atoms with Gasteiger partial charge in [-0.05, 0) is 37.5 Å². The Kier molecular flexibility index (Phi) is 59.6. The molecule has 0 rings (SSSR count). The van der Waals surface area contributed by atoms with Crippen LogP contribution in [-0.2, 0) is 19.1 Å². The van der Waals surface area contributed by atoms with E-state index in [0.717, 1.165) is 37.5 Å². The van der Waals surface area contributed by atoms with Crippen molar-refractivity contribution in [3.8, 4) is 0 Å². The average Bonchev–Trinajstić information content (AvgIpc) is 3.34. The first kappa shape index (κ1) is 68.9. The van der Waals surface area contributed by atoms with E-state index in [1.807, 2.05) is 0 Å². The smallest absolute Gasteiger partial charge is 0.305 e. The van der Waals surface area contributed by atoms with Gasteiger partial charge in [0.1, 0.15) is 0 Å². The van der Waals surface area contributed by atoms with E-state index in [1.54, 1.807) is 0 Å². The van der Waals surface area contributed by atoms with E-state index >= 15 is 0 Å². The zero-order valence-corrected chi connectivity index (χ0v) is 48.8. The van der Waals surface area contributed by atoms with Gasteiger partial charge < -0.3 is 9.47 Å². The lowest BCUT2D eigenvalue weighted by Gasteiger charge is -2.06. The summed E-state index contributed by atoms with van der Waals surface area (Å²) in [6, 6.07) is 0. The Hall–Kier alpha value is -1.06. The summed E-state index contributed by atoms with van der Waals surface area (Å²) in [5, 5.41) is 0. The highest BCUT2D eigenvalue weighted by Crippen LogP contribution is 2.19. The first-order valence-corrected chi connectivity index (χ1v) is 32.7. The van der Waals surface area contributed by atoms with Crippen molar-refractivity contribution >= 4 is 11.9 Å². The average molecular weight is 988 g/mol. The first-order valence-electron chi connectivity index (χ1n) is 32.7. The van der Waals surface area contributed by atoms with Crippen LogP contribution in [0.25, 0.3) is 0 Å². The van der Waals surface area contributed by atoms with Crippen LogP contribution in [0.4, 0.5) is 0 Å². The second kappa shape index (κ2) is 60.5. The summed E-state index contributed by atoms with van der Waals surface area (Å²) in [5.41, 5.74) is 0. The normalized spacial score (nSPS) is 11.7. The van der Waals surface area contributed by atoms with Crippen molar-refractivity contribution in [2.75, 3.05) is 13.2 Å². The molecule has 0 amide bonds. The third-order valence-corrected chi connectivity index (χ3v) is 15.4. The Morgan fingerprint density at radius 3 is 0.514 bits per heavy atom. The summed E-state index contributed by atoms with van der Waals surface area (Å²) in [7, 11) is 0. The molecule has 4 nitrogen and oxygen atoms in total. The number of carbonyl (C=O) groups is 2. The molecule has 0 heterocycles. The van der Waals surface area contributed by atoms with Crippen LogP contribution in [0.15, 0.2) is 0 Å². The maximum Gasteiger partial charge on any atom is 0.305 e. The van der Waals surface area contributed by atoms with Crippen LogP contribution < -0.4 is 0 Å². The standard InChI is InChI=1S/C66H130O4/c1-63(2)57-51-47-43-39-35-31-27-23-19-15-11-7-5-9-13-17-21-25-29-33-37-41-45-49-55-61-69-65(67)59-53-54-60-66(68)70-62-56-50-46-42-38-34-30-26-22-18-14-10-6-8-12-16-20-24-28-32-36-40-44-48-52-58-64(3)4/h63-64H,5-62H2,1-4H3. The third kappa shape index (κ3) is 63.1. The van der Waals surface area contributed by atoms with E-state index in [4.69, 9.17) is 9.47 Å². The number of esters is 2. The summed E-state index contributed by atoms with van der Waals surface area (Å²) in [6.07, 6.45) is 74.9. The van der Waals surface area contributed by atoms with Crippen LogP contribution in [0, 0.1) is 11.8 Å². The van der Waals surface area contributed by atoms with Gasteiger partial charge in [0.2, 0.25) is 0 Å². The summed E-state index contributed by atoms with van der Waals surface area (Å²) >= 11 is 0. The minimum atomic E-state index is -0.117. The maximum absolute atomic E-state index is 12.1. The molecule has 0 aromatic rings. The number of hydrogen-bond acceptors (Lipinski definition) is 4. The molecule has 0 aliphatic carbocycles. The molecule has 70 heavy (non-hydrogen) atoms. The second-order valence-electron chi connectivity index (χ2n) is 23.7. The van der Waals surface area contributed by atoms with E-state index in [2.05, 4.69) is 27.7 Å². The summed E-state index contributed by atoms with van der Waals surface area (Å²) in [6.45, 7) is 10.5. The minimum absolute atomic E-state index is 0.117. The van der Waals surface area contributed by atoms with E-state index in [-0.39, 0.29) is 11.9 Å². The summed E-state index contributed by atoms with van der Waals surface area (Å²) < 4.78 is 10.9. The molecule has 0 fully saturated rings. The Morgan fingerprint density at radius 1 is 0.214 bits per heavy atom. The lowest BCUT2D eigenvalue weighted by molar-refractivity contribution is -0.146. The van der Waals surface area contributed by atoms with Gasteiger partial charge in [-0.2, -0.15) is 0 Å². The highest BCUT2D eigenvalue weighted by atomic mass is 16.5. The first-order chi connectivity index (χ1) is 34.4. The Morgan fingerprint density at radius 2 is 0.357 bits per heavy atom. The van der Waals surface area contributed by atoms with Crippen molar-refractivity contribution in [1.82, 2.24) is 0 Å². The van der Waals surface area contributed by atoms with Gasteiger partial charge in [-0.25, -0.2) is 0 Å². The highest BCUT2D eigenvalue weighted by molar-refractivity contribution is 5.70. The highest BCUT2D eigenvalue weighted by Gasteiger charge is 2.07. The molecule has 0 radical (unpaired) electrons. The fourth-order valence-corrected chi connectivity index (χ4v) is 10.5. The van der Waals surface area contributed by atoms with Crippen LogP contribution in [-0.4, -0.2) is 25.2 Å². The van der Waals surface area contributed by atoms with Crippen LogP contribution in [0.5, 0.6) is 0 Å². The van der Waals surface area contributed by atoms with Crippen molar-refractivity contribution < 1.29 is 19.1 Å². The number of ether oxygens (including phenoxy) is 2. The molecule has 0 aliphatic heterocycles. The van der Waals surface area contributed by atoms with Crippen LogP contribution in [0.2, 0.25) is 0 Å². The monoisotopic (exact) mass is 987 g/mol. The quantitative estimate of drug-likeness (QED) is 0.0450. The van der Waals surface area contributed by atoms with Crippen molar-refractivity contribution in [2.45, 2.75) is 387 Å². The van der Waals surface area contributed by atoms with Gasteiger partial charge in [-0.15, -0.1) is 0 Å². The van der Waals surface area contributed by atoms with Gasteiger partial charge in [0, 0.05) is 12.8 Å². The molecule has 0 spiro atoms. The lowest BCUT2D eigenvalue weighted by atomic mass is 10.0. The fourth-order valence-electron chi connectivity index (χ4n) is 10.5. The van der Waals surface area contributed by atoms with Crippen molar-refractivity contribution in [3.63, 3.8) is 0 Å². The van der Waals surface area contributed by atoms with Crippen LogP contribution >= 0.6 is 0 Å². The number of carbonyl (C=O) groups excluding carboxylic acids is 2. The van der Waals surface area contributed by atoms with Crippen molar-refractivity contribution in [2.24, 2.45) is 11.8 Å². The molecule has 0 aliphatic rings. The largest absolute Gasteiger partial charge is 0.466 e. The van der Waals surface area contributed by atoms with E-state index in [1.165, 1.54) is 308 Å². The van der Waals surface area contributed by atoms with Gasteiger partial charge in [-0.3, -0.25) is 9.59 Å². The second-order valence-corrected chi connectivity index (χ2v) is 23.7. The SMILES string of the molecule is CC(C)CCCCCCCCCCCCCCCCCCCCCCCCCCCOC(=O)CCCCC(=O)OCCCCCCCCCCCCCCCCCCCCCCCCCCCC(C)C. The number of unbranched alkanes of at least 4 members (excludes halogenated alkanes) is 49. The van der Waals surface area contributed by atoms with Gasteiger partial charge in [-0.1, -0.05) is 349 Å². The Bertz CT molecular complexity index is 913. The lowest BCUT2D eigenvalue weighted by Crippen LogP contribution is -2.08. The van der Waals surface area contributed by atoms with E-state index < -0.39 is 0 Å². The Balaban J connectivity index is 3.22. The van der Waals surface area contributed by atoms with Crippen molar-refractivity contribution in [1.29, 1.82) is 0 Å². The van der Waals surface area contributed by atoms with Crippen LogP contribution in [0.3, 0.4) is 0 Å². The molecular formula is C66H130O4. The minimum Gasteiger partial charge on any atom is -0.466 e. The van der Waals surface area contributed by atoms with Gasteiger partial charge in [0.05, 0.1) is 13.2 Å². The molecule has 0 unspecified atom stereocenters. The molecular weight excluding hydrogens is 857 g/mol. The van der Waals surface area contributed by atoms with Gasteiger partial charge in [0.15, 0.2) is 0 Å².